The first-order valence-corrected chi connectivity index (χ1v) is 15.9. The lowest BCUT2D eigenvalue weighted by Gasteiger charge is -2.30. The molecular weight excluding hydrogens is 616 g/mol. The molecule has 0 saturated heterocycles. The molecule has 3 N–H and O–H groups in total. The molecule has 0 amide bonds. The Labute approximate surface area is 258 Å². The molecule has 1 aliphatic carbocycles. The Hall–Kier alpha value is -3.70. The zero-order valence-corrected chi connectivity index (χ0v) is 25.8. The van der Waals surface area contributed by atoms with Crippen LogP contribution in [-0.4, -0.2) is 58.7 Å². The Kier molecular flexibility index (Phi) is 11.1. The number of nitrogens with zero attached hydrogens (tertiary/aromatic N) is 4. The van der Waals surface area contributed by atoms with Gasteiger partial charge in [0, 0.05) is 12.8 Å². The summed E-state index contributed by atoms with van der Waals surface area (Å²) < 4.78 is 76.8. The van der Waals surface area contributed by atoms with Gasteiger partial charge in [0.1, 0.15) is 36.3 Å². The Morgan fingerprint density at radius 3 is 2.56 bits per heavy atom. The smallest absolute Gasteiger partial charge is 0.459 e. The number of methoxy groups -OCH3 is 1. The highest BCUT2D eigenvalue weighted by molar-refractivity contribution is 7.52. The van der Waals surface area contributed by atoms with E-state index in [4.69, 9.17) is 24.3 Å². The van der Waals surface area contributed by atoms with Crippen molar-refractivity contribution in [3.8, 4) is 11.8 Å². The number of ether oxygens (including phenoxy) is 2. The number of benzene rings is 1. The van der Waals surface area contributed by atoms with E-state index in [0.29, 0.717) is 17.8 Å². The average Bonchev–Trinajstić information content (AvgIpc) is 3.45. The molecule has 12 nitrogen and oxygen atoms in total. The van der Waals surface area contributed by atoms with Crippen LogP contribution < -0.4 is 15.3 Å². The number of hydrogen-bond donors (Lipinski definition) is 2. The zero-order chi connectivity index (χ0) is 32.7. The number of nitrogen functional groups attached to an aromatic ring is 1. The maximum atomic E-state index is 14.0. The third-order valence-corrected chi connectivity index (χ3v) is 9.48. The summed E-state index contributed by atoms with van der Waals surface area (Å²) in [4.78, 5) is 16.8. The van der Waals surface area contributed by atoms with Gasteiger partial charge in [0.05, 0.1) is 12.5 Å². The van der Waals surface area contributed by atoms with Gasteiger partial charge in [0.15, 0.2) is 11.4 Å². The van der Waals surface area contributed by atoms with Gasteiger partial charge in [-0.1, -0.05) is 18.2 Å². The number of nitrogens with one attached hydrogen (secondary N) is 1. The van der Waals surface area contributed by atoms with Crippen molar-refractivity contribution in [2.45, 2.75) is 63.3 Å². The third kappa shape index (κ3) is 8.94. The molecule has 3 atom stereocenters. The van der Waals surface area contributed by atoms with Crippen molar-refractivity contribution in [2.75, 3.05) is 26.1 Å². The lowest BCUT2D eigenvalue weighted by atomic mass is 9.82. The summed E-state index contributed by atoms with van der Waals surface area (Å²) in [6.45, 7) is 0.834. The summed E-state index contributed by atoms with van der Waals surface area (Å²) in [5.41, 5.74) is 5.66. The number of nitriles is 1. The predicted molar refractivity (Wildman–Crippen MR) is 157 cm³/mol. The monoisotopic (exact) mass is 652 g/mol. The number of anilines is 1. The van der Waals surface area contributed by atoms with Crippen LogP contribution in [0.2, 0.25) is 0 Å². The SMILES string of the molecule is CO[C@@](C#N)(CCc1ccc2c(N)ncnn12)COP(=O)(N[C@@H](C)C(=O)OC[C@H]1CC[C@H](C(F)(F)F)CC1)Oc1ccccc1. The fourth-order valence-electron chi connectivity index (χ4n) is 5.06. The number of para-hydroxylation sites is 1. The van der Waals surface area contributed by atoms with Gasteiger partial charge in [0.2, 0.25) is 0 Å². The van der Waals surface area contributed by atoms with E-state index in [1.807, 2.05) is 0 Å². The Balaban J connectivity index is 1.40. The molecule has 1 saturated carbocycles. The van der Waals surface area contributed by atoms with Crippen LogP contribution in [0, 0.1) is 23.2 Å². The van der Waals surface area contributed by atoms with Gasteiger partial charge in [0.25, 0.3) is 0 Å². The number of esters is 1. The van der Waals surface area contributed by atoms with Crippen molar-refractivity contribution in [3.05, 3.63) is 54.5 Å². The number of aryl methyl sites for hydroxylation is 1. The van der Waals surface area contributed by atoms with Crippen molar-refractivity contribution in [1.82, 2.24) is 19.7 Å². The molecule has 1 aliphatic rings. The maximum absolute atomic E-state index is 14.0. The molecule has 3 aromatic rings. The number of alkyl halides is 3. The van der Waals surface area contributed by atoms with E-state index in [9.17, 15) is 27.8 Å². The molecule has 16 heteroatoms. The summed E-state index contributed by atoms with van der Waals surface area (Å²) in [6.07, 6.45) is -1.97. The highest BCUT2D eigenvalue weighted by Crippen LogP contribution is 2.46. The number of fused-ring (bicyclic) bond motifs is 1. The fraction of sp³-hybridized carbons (Fsp3) is 0.517. The zero-order valence-electron chi connectivity index (χ0n) is 24.9. The Morgan fingerprint density at radius 2 is 1.91 bits per heavy atom. The van der Waals surface area contributed by atoms with Gasteiger partial charge in [-0.3, -0.25) is 9.32 Å². The van der Waals surface area contributed by atoms with Crippen LogP contribution >= 0.6 is 7.75 Å². The minimum Gasteiger partial charge on any atom is -0.464 e. The van der Waals surface area contributed by atoms with Gasteiger partial charge in [-0.2, -0.15) is 28.6 Å². The second-order valence-corrected chi connectivity index (χ2v) is 12.7. The number of rotatable bonds is 14. The molecule has 4 rings (SSSR count). The largest absolute Gasteiger partial charge is 0.464 e. The van der Waals surface area contributed by atoms with Crippen LogP contribution in [0.1, 0.15) is 44.7 Å². The van der Waals surface area contributed by atoms with Gasteiger partial charge in [-0.25, -0.2) is 14.1 Å². The molecule has 244 valence electrons. The van der Waals surface area contributed by atoms with E-state index in [1.165, 1.54) is 32.5 Å². The Morgan fingerprint density at radius 1 is 1.20 bits per heavy atom. The summed E-state index contributed by atoms with van der Waals surface area (Å²) >= 11 is 0. The van der Waals surface area contributed by atoms with E-state index in [1.54, 1.807) is 34.8 Å². The molecule has 0 radical (unpaired) electrons. The van der Waals surface area contributed by atoms with Crippen LogP contribution in [0.3, 0.4) is 0 Å². The molecule has 1 unspecified atom stereocenters. The van der Waals surface area contributed by atoms with Crippen molar-refractivity contribution in [1.29, 1.82) is 5.26 Å². The minimum atomic E-state index is -4.34. The summed E-state index contributed by atoms with van der Waals surface area (Å²) in [6, 6.07) is 12.5. The lowest BCUT2D eigenvalue weighted by Crippen LogP contribution is -2.39. The Bertz CT molecular complexity index is 1530. The lowest BCUT2D eigenvalue weighted by molar-refractivity contribution is -0.185. The van der Waals surface area contributed by atoms with Crippen molar-refractivity contribution < 1.29 is 41.1 Å². The quantitative estimate of drug-likeness (QED) is 0.173. The van der Waals surface area contributed by atoms with E-state index >= 15 is 0 Å². The maximum Gasteiger partial charge on any atom is 0.459 e. The van der Waals surface area contributed by atoms with Crippen molar-refractivity contribution >= 4 is 25.1 Å². The van der Waals surface area contributed by atoms with E-state index in [-0.39, 0.29) is 50.4 Å². The van der Waals surface area contributed by atoms with Crippen molar-refractivity contribution in [3.63, 3.8) is 0 Å². The number of aromatic nitrogens is 3. The van der Waals surface area contributed by atoms with Gasteiger partial charge in [-0.05, 0) is 75.6 Å². The molecule has 1 fully saturated rings. The van der Waals surface area contributed by atoms with Crippen LogP contribution in [-0.2, 0) is 29.8 Å². The first-order chi connectivity index (χ1) is 21.4. The summed E-state index contributed by atoms with van der Waals surface area (Å²) in [5, 5.41) is 16.8. The predicted octanol–water partition coefficient (Wildman–Crippen LogP) is 5.25. The number of nitrogens with two attached hydrogens (primary N) is 1. The van der Waals surface area contributed by atoms with Crippen LogP contribution in [0.25, 0.3) is 5.52 Å². The van der Waals surface area contributed by atoms with Crippen LogP contribution in [0.5, 0.6) is 5.75 Å². The molecular formula is C29H36F3N6O6P. The third-order valence-electron chi connectivity index (χ3n) is 7.85. The molecule has 45 heavy (non-hydrogen) atoms. The highest BCUT2D eigenvalue weighted by Gasteiger charge is 2.42. The second kappa shape index (κ2) is 14.6. The van der Waals surface area contributed by atoms with Gasteiger partial charge < -0.3 is 19.7 Å². The average molecular weight is 653 g/mol. The number of carbonyl (C=O) groups excluding carboxylic acids is 1. The first-order valence-electron chi connectivity index (χ1n) is 14.4. The van der Waals surface area contributed by atoms with Crippen molar-refractivity contribution in [2.24, 2.45) is 11.8 Å². The first kappa shape index (κ1) is 34.2. The molecule has 0 spiro atoms. The fourth-order valence-corrected chi connectivity index (χ4v) is 6.60. The standard InChI is InChI=1S/C29H36F3N6O6P/c1-20(27(39)42-16-21-8-10-22(11-9-21)29(30,31)32)37-45(40,44-24-6-4-3-5-7-24)43-18-28(17-33,41-2)15-14-23-12-13-25-26(34)35-19-36-38(23)25/h3-7,12-13,19-22H,8-11,14-16,18H2,1-2H3,(H,37,40)(H2,34,35,36)/t20-,21-,22-,28+,45?/m0/s1. The normalized spacial score (nSPS) is 20.4. The van der Waals surface area contributed by atoms with Crippen LogP contribution in [0.15, 0.2) is 48.8 Å². The molecule has 0 aliphatic heterocycles. The molecule has 2 aromatic heterocycles. The number of halogens is 3. The van der Waals surface area contributed by atoms with Gasteiger partial charge in [-0.15, -0.1) is 0 Å². The summed E-state index contributed by atoms with van der Waals surface area (Å²) in [7, 11) is -3.01. The highest BCUT2D eigenvalue weighted by atomic mass is 31.2. The van der Waals surface area contributed by atoms with Crippen LogP contribution in [0.4, 0.5) is 19.0 Å². The molecule has 1 aromatic carbocycles. The van der Waals surface area contributed by atoms with E-state index in [0.717, 1.165) is 5.69 Å². The summed E-state index contributed by atoms with van der Waals surface area (Å²) in [5.74, 6) is -1.86. The van der Waals surface area contributed by atoms with Gasteiger partial charge >= 0.3 is 19.9 Å². The topological polar surface area (TPSA) is 163 Å². The minimum absolute atomic E-state index is 0.0177. The number of carbonyl (C=O) groups is 1. The molecule has 2 heterocycles. The van der Waals surface area contributed by atoms with E-state index in [2.05, 4.69) is 21.2 Å². The second-order valence-electron chi connectivity index (χ2n) is 11.0. The van der Waals surface area contributed by atoms with E-state index < -0.39 is 44.1 Å². The molecule has 0 bridgehead atoms. The number of hydrogen-bond acceptors (Lipinski definition) is 10.